The Kier molecular flexibility index (Phi) is 5.01. The van der Waals surface area contributed by atoms with E-state index in [1.165, 1.54) is 5.56 Å². The monoisotopic (exact) mass is 360 g/mol. The molecule has 2 heterocycles. The summed E-state index contributed by atoms with van der Waals surface area (Å²) >= 11 is 0. The van der Waals surface area contributed by atoms with Gasteiger partial charge in [-0.1, -0.05) is 48.0 Å². The molecular weight excluding hydrogens is 336 g/mol. The average molecular weight is 360 g/mol. The molecule has 1 unspecified atom stereocenters. The van der Waals surface area contributed by atoms with Crippen molar-refractivity contribution in [2.45, 2.75) is 26.3 Å². The quantitative estimate of drug-likeness (QED) is 0.701. The van der Waals surface area contributed by atoms with Gasteiger partial charge >= 0.3 is 0 Å². The van der Waals surface area contributed by atoms with E-state index < -0.39 is 0 Å². The topological polar surface area (TPSA) is 51.0 Å². The van der Waals surface area contributed by atoms with Gasteiger partial charge in [0, 0.05) is 25.1 Å². The van der Waals surface area contributed by atoms with E-state index in [0.717, 1.165) is 49.4 Å². The maximum absolute atomic E-state index is 12.7. The van der Waals surface area contributed by atoms with Crippen molar-refractivity contribution in [1.82, 2.24) is 19.7 Å². The van der Waals surface area contributed by atoms with Crippen LogP contribution < -0.4 is 0 Å². The lowest BCUT2D eigenvalue weighted by atomic mass is 10.0. The number of carbonyl (C=O) groups is 1. The Bertz CT molecular complexity index is 919. The fraction of sp³-hybridized carbons (Fsp3) is 0.318. The van der Waals surface area contributed by atoms with Gasteiger partial charge in [-0.2, -0.15) is 0 Å². The molecule has 138 valence electrons. The van der Waals surface area contributed by atoms with Crippen LogP contribution in [0.2, 0.25) is 0 Å². The molecule has 0 radical (unpaired) electrons. The lowest BCUT2D eigenvalue weighted by Crippen LogP contribution is -2.29. The van der Waals surface area contributed by atoms with Gasteiger partial charge in [0.05, 0.1) is 6.54 Å². The van der Waals surface area contributed by atoms with Crippen LogP contribution in [0.4, 0.5) is 0 Å². The molecule has 0 spiro atoms. The van der Waals surface area contributed by atoms with E-state index in [-0.39, 0.29) is 5.91 Å². The molecule has 3 aromatic rings. The van der Waals surface area contributed by atoms with Gasteiger partial charge in [0.15, 0.2) is 0 Å². The van der Waals surface area contributed by atoms with E-state index >= 15 is 0 Å². The zero-order valence-electron chi connectivity index (χ0n) is 15.6. The third-order valence-corrected chi connectivity index (χ3v) is 5.20. The molecule has 1 aliphatic heterocycles. The summed E-state index contributed by atoms with van der Waals surface area (Å²) < 4.78 is 2.11. The molecular formula is C22H24N4O. The molecule has 5 heteroatoms. The van der Waals surface area contributed by atoms with E-state index in [9.17, 15) is 4.79 Å². The van der Waals surface area contributed by atoms with Crippen molar-refractivity contribution in [3.63, 3.8) is 0 Å². The minimum Gasteiger partial charge on any atom is -0.338 e. The fourth-order valence-electron chi connectivity index (χ4n) is 3.75. The molecule has 2 aromatic carbocycles. The maximum Gasteiger partial charge on any atom is 0.253 e. The first-order chi connectivity index (χ1) is 13.2. The molecule has 1 amide bonds. The van der Waals surface area contributed by atoms with E-state index in [1.54, 1.807) is 6.33 Å². The van der Waals surface area contributed by atoms with E-state index in [4.69, 9.17) is 0 Å². The van der Waals surface area contributed by atoms with E-state index in [2.05, 4.69) is 26.9 Å². The summed E-state index contributed by atoms with van der Waals surface area (Å²) in [6, 6.07) is 18.2. The molecule has 1 atom stereocenters. The molecule has 5 nitrogen and oxygen atoms in total. The summed E-state index contributed by atoms with van der Waals surface area (Å²) in [5.41, 5.74) is 3.13. The summed E-state index contributed by atoms with van der Waals surface area (Å²) in [6.45, 7) is 4.39. The van der Waals surface area contributed by atoms with Crippen LogP contribution >= 0.6 is 0 Å². The van der Waals surface area contributed by atoms with Gasteiger partial charge in [0.2, 0.25) is 0 Å². The summed E-state index contributed by atoms with van der Waals surface area (Å²) in [6.07, 6.45) is 3.66. The number of carbonyl (C=O) groups excluding carboxylic acids is 1. The largest absolute Gasteiger partial charge is 0.338 e. The van der Waals surface area contributed by atoms with Gasteiger partial charge in [-0.05, 0) is 37.0 Å². The van der Waals surface area contributed by atoms with Crippen LogP contribution in [0.1, 0.15) is 33.7 Å². The van der Waals surface area contributed by atoms with Gasteiger partial charge in [-0.3, -0.25) is 4.79 Å². The molecule has 0 aliphatic carbocycles. The second-order valence-corrected chi connectivity index (χ2v) is 7.34. The Labute approximate surface area is 159 Å². The first-order valence-electron chi connectivity index (χ1n) is 9.45. The first kappa shape index (κ1) is 17.5. The highest BCUT2D eigenvalue weighted by Crippen LogP contribution is 2.22. The summed E-state index contributed by atoms with van der Waals surface area (Å²) in [7, 11) is 0. The van der Waals surface area contributed by atoms with Crippen molar-refractivity contribution in [1.29, 1.82) is 0 Å². The second kappa shape index (κ2) is 7.74. The molecule has 27 heavy (non-hydrogen) atoms. The number of likely N-dealkylation sites (tertiary alicyclic amines) is 1. The molecule has 0 saturated carbocycles. The normalized spacial score (nSPS) is 16.6. The van der Waals surface area contributed by atoms with Crippen molar-refractivity contribution in [3.05, 3.63) is 83.4 Å². The average Bonchev–Trinajstić information content (AvgIpc) is 3.32. The first-order valence-corrected chi connectivity index (χ1v) is 9.45. The van der Waals surface area contributed by atoms with Gasteiger partial charge in [0.1, 0.15) is 12.2 Å². The van der Waals surface area contributed by atoms with Crippen molar-refractivity contribution in [3.8, 4) is 0 Å². The predicted octanol–water partition coefficient (Wildman–Crippen LogP) is 3.34. The minimum absolute atomic E-state index is 0.131. The maximum atomic E-state index is 12.7. The number of amides is 1. The second-order valence-electron chi connectivity index (χ2n) is 7.34. The van der Waals surface area contributed by atoms with E-state index in [0.29, 0.717) is 5.92 Å². The van der Waals surface area contributed by atoms with Crippen molar-refractivity contribution in [2.24, 2.45) is 5.92 Å². The van der Waals surface area contributed by atoms with E-state index in [1.807, 2.05) is 54.3 Å². The van der Waals surface area contributed by atoms with Crippen LogP contribution in [0.25, 0.3) is 0 Å². The van der Waals surface area contributed by atoms with Gasteiger partial charge < -0.3 is 9.47 Å². The third kappa shape index (κ3) is 4.08. The SMILES string of the molecule is Cc1cccc(C(=O)N2CCC(Cc3nncn3Cc3ccccc3)C2)c1. The minimum atomic E-state index is 0.131. The molecule has 4 rings (SSSR count). The fourth-order valence-corrected chi connectivity index (χ4v) is 3.75. The standard InChI is InChI=1S/C22H24N4O/c1-17-6-5-9-20(12-17)22(27)25-11-10-19(15-25)13-21-24-23-16-26(21)14-18-7-3-2-4-8-18/h2-9,12,16,19H,10-11,13-15H2,1H3. The molecule has 1 saturated heterocycles. The molecule has 1 aliphatic rings. The Morgan fingerprint density at radius 2 is 2.00 bits per heavy atom. The molecule has 0 N–H and O–H groups in total. The van der Waals surface area contributed by atoms with Crippen molar-refractivity contribution < 1.29 is 4.79 Å². The lowest BCUT2D eigenvalue weighted by Gasteiger charge is -2.17. The van der Waals surface area contributed by atoms with Crippen molar-refractivity contribution >= 4 is 5.91 Å². The lowest BCUT2D eigenvalue weighted by molar-refractivity contribution is 0.0787. The van der Waals surface area contributed by atoms with Crippen LogP contribution in [0.15, 0.2) is 60.9 Å². The smallest absolute Gasteiger partial charge is 0.253 e. The van der Waals surface area contributed by atoms with Crippen LogP contribution in [-0.2, 0) is 13.0 Å². The van der Waals surface area contributed by atoms with Gasteiger partial charge in [-0.15, -0.1) is 10.2 Å². The number of hydrogen-bond donors (Lipinski definition) is 0. The Balaban J connectivity index is 1.39. The Morgan fingerprint density at radius 3 is 2.81 bits per heavy atom. The van der Waals surface area contributed by atoms with Gasteiger partial charge in [-0.25, -0.2) is 0 Å². The zero-order valence-corrected chi connectivity index (χ0v) is 15.6. The summed E-state index contributed by atoms with van der Waals surface area (Å²) in [5.74, 6) is 1.55. The highest BCUT2D eigenvalue weighted by Gasteiger charge is 2.28. The van der Waals surface area contributed by atoms with Crippen LogP contribution in [-0.4, -0.2) is 38.7 Å². The molecule has 1 aromatic heterocycles. The molecule has 0 bridgehead atoms. The Morgan fingerprint density at radius 1 is 1.15 bits per heavy atom. The number of aromatic nitrogens is 3. The molecule has 1 fully saturated rings. The van der Waals surface area contributed by atoms with Crippen LogP contribution in [0, 0.1) is 12.8 Å². The third-order valence-electron chi connectivity index (χ3n) is 5.20. The van der Waals surface area contributed by atoms with Gasteiger partial charge in [0.25, 0.3) is 5.91 Å². The number of nitrogens with zero attached hydrogens (tertiary/aromatic N) is 4. The predicted molar refractivity (Wildman–Crippen MR) is 104 cm³/mol. The van der Waals surface area contributed by atoms with Crippen molar-refractivity contribution in [2.75, 3.05) is 13.1 Å². The number of hydrogen-bond acceptors (Lipinski definition) is 3. The highest BCUT2D eigenvalue weighted by molar-refractivity contribution is 5.94. The number of benzene rings is 2. The number of rotatable bonds is 5. The number of aryl methyl sites for hydroxylation is 1. The Hall–Kier alpha value is -2.95. The summed E-state index contributed by atoms with van der Waals surface area (Å²) in [4.78, 5) is 14.7. The summed E-state index contributed by atoms with van der Waals surface area (Å²) in [5, 5.41) is 8.43. The van der Waals surface area contributed by atoms with Crippen LogP contribution in [0.3, 0.4) is 0 Å². The van der Waals surface area contributed by atoms with Crippen LogP contribution in [0.5, 0.6) is 0 Å². The zero-order chi connectivity index (χ0) is 18.6. The highest BCUT2D eigenvalue weighted by atomic mass is 16.2.